The fraction of sp³-hybridized carbons (Fsp3) is 0.130. The number of carbonyl (C=O) groups is 2. The number of carboxylic acid groups (broad SMARTS) is 1. The van der Waals surface area contributed by atoms with Crippen LogP contribution in [0, 0.1) is 0 Å². The molecule has 3 rings (SSSR count). The second-order valence-corrected chi connectivity index (χ2v) is 6.94. The summed E-state index contributed by atoms with van der Waals surface area (Å²) in [5.74, 6) is -1.40. The molecule has 0 radical (unpaired) electrons. The monoisotopic (exact) mass is 408 g/mol. The molecule has 0 aliphatic heterocycles. The Morgan fingerprint density at radius 3 is 2.41 bits per heavy atom. The summed E-state index contributed by atoms with van der Waals surface area (Å²) in [6, 6.07) is 21.3. The normalized spacial score (nSPS) is 10.4. The van der Waals surface area contributed by atoms with Crippen LogP contribution in [-0.2, 0) is 6.54 Å². The van der Waals surface area contributed by atoms with Crippen LogP contribution in [0.1, 0.15) is 33.2 Å². The highest BCUT2D eigenvalue weighted by molar-refractivity contribution is 6.31. The molecule has 0 saturated carbocycles. The van der Waals surface area contributed by atoms with Crippen LogP contribution < -0.4 is 10.2 Å². The van der Waals surface area contributed by atoms with Gasteiger partial charge in [0.25, 0.3) is 5.91 Å². The molecule has 3 aromatic rings. The van der Waals surface area contributed by atoms with Gasteiger partial charge >= 0.3 is 5.97 Å². The molecule has 0 heterocycles. The van der Waals surface area contributed by atoms with Crippen LogP contribution in [0.3, 0.4) is 0 Å². The summed E-state index contributed by atoms with van der Waals surface area (Å²) >= 11 is 5.93. The van der Waals surface area contributed by atoms with Crippen LogP contribution in [0.2, 0.25) is 5.02 Å². The van der Waals surface area contributed by atoms with E-state index in [1.54, 1.807) is 36.4 Å². The van der Waals surface area contributed by atoms with Gasteiger partial charge in [0.1, 0.15) is 0 Å². The maximum absolute atomic E-state index is 12.4. The summed E-state index contributed by atoms with van der Waals surface area (Å²) < 4.78 is 0. The summed E-state index contributed by atoms with van der Waals surface area (Å²) in [7, 11) is 0. The molecule has 148 valence electrons. The Hall–Kier alpha value is -3.31. The molecule has 0 atom stereocenters. The van der Waals surface area contributed by atoms with E-state index in [1.807, 2.05) is 42.2 Å². The highest BCUT2D eigenvalue weighted by atomic mass is 35.5. The van der Waals surface area contributed by atoms with Gasteiger partial charge in [-0.3, -0.25) is 4.79 Å². The Labute approximate surface area is 174 Å². The third-order valence-corrected chi connectivity index (χ3v) is 4.75. The molecule has 2 N–H and O–H groups in total. The van der Waals surface area contributed by atoms with E-state index >= 15 is 0 Å². The molecule has 0 aliphatic rings. The zero-order chi connectivity index (χ0) is 20.8. The van der Waals surface area contributed by atoms with E-state index in [9.17, 15) is 14.7 Å². The molecule has 0 fully saturated rings. The lowest BCUT2D eigenvalue weighted by atomic mass is 10.1. The number of anilines is 2. The van der Waals surface area contributed by atoms with Crippen molar-refractivity contribution in [3.8, 4) is 0 Å². The molecule has 6 heteroatoms. The number of amides is 1. The fourth-order valence-electron chi connectivity index (χ4n) is 3.06. The van der Waals surface area contributed by atoms with Crippen molar-refractivity contribution in [1.82, 2.24) is 0 Å². The van der Waals surface area contributed by atoms with Gasteiger partial charge in [0.15, 0.2) is 0 Å². The average molecular weight is 409 g/mol. The van der Waals surface area contributed by atoms with E-state index in [2.05, 4.69) is 5.32 Å². The van der Waals surface area contributed by atoms with Crippen LogP contribution in [-0.4, -0.2) is 23.5 Å². The summed E-state index contributed by atoms with van der Waals surface area (Å²) in [5, 5.41) is 12.9. The van der Waals surface area contributed by atoms with E-state index in [4.69, 9.17) is 11.6 Å². The lowest BCUT2D eigenvalue weighted by Crippen LogP contribution is -2.24. The van der Waals surface area contributed by atoms with Gasteiger partial charge in [-0.1, -0.05) is 48.0 Å². The lowest BCUT2D eigenvalue weighted by molar-refractivity contribution is 0.0697. The molecule has 29 heavy (non-hydrogen) atoms. The van der Waals surface area contributed by atoms with E-state index in [0.717, 1.165) is 5.56 Å². The molecular weight excluding hydrogens is 388 g/mol. The fourth-order valence-corrected chi connectivity index (χ4v) is 3.26. The number of hydrogen-bond acceptors (Lipinski definition) is 3. The first-order chi connectivity index (χ1) is 14.0. The lowest BCUT2D eigenvalue weighted by Gasteiger charge is -2.25. The quantitative estimate of drug-likeness (QED) is 0.555. The zero-order valence-electron chi connectivity index (χ0n) is 15.9. The molecular formula is C23H21ClN2O3. The molecule has 0 bridgehead atoms. The van der Waals surface area contributed by atoms with Crippen molar-refractivity contribution in [3.63, 3.8) is 0 Å². The molecule has 0 unspecified atom stereocenters. The van der Waals surface area contributed by atoms with Crippen molar-refractivity contribution in [2.75, 3.05) is 16.8 Å². The van der Waals surface area contributed by atoms with Crippen LogP contribution in [0.4, 0.5) is 11.4 Å². The Bertz CT molecular complexity index is 1020. The van der Waals surface area contributed by atoms with Gasteiger partial charge in [-0.2, -0.15) is 0 Å². The van der Waals surface area contributed by atoms with Crippen LogP contribution in [0.25, 0.3) is 0 Å². The highest BCUT2D eigenvalue weighted by Gasteiger charge is 2.17. The number of nitrogens with one attached hydrogen (secondary N) is 1. The Morgan fingerprint density at radius 1 is 1.00 bits per heavy atom. The molecule has 5 nitrogen and oxygen atoms in total. The van der Waals surface area contributed by atoms with Gasteiger partial charge in [-0.15, -0.1) is 0 Å². The smallest absolute Gasteiger partial charge is 0.337 e. The second kappa shape index (κ2) is 9.26. The molecule has 0 aliphatic carbocycles. The highest BCUT2D eigenvalue weighted by Crippen LogP contribution is 2.26. The first-order valence-corrected chi connectivity index (χ1v) is 9.59. The third kappa shape index (κ3) is 5.15. The maximum Gasteiger partial charge on any atom is 0.337 e. The Morgan fingerprint density at radius 2 is 1.76 bits per heavy atom. The average Bonchev–Trinajstić information content (AvgIpc) is 2.73. The largest absolute Gasteiger partial charge is 0.478 e. The van der Waals surface area contributed by atoms with Crippen molar-refractivity contribution in [1.29, 1.82) is 0 Å². The zero-order valence-corrected chi connectivity index (χ0v) is 16.7. The van der Waals surface area contributed by atoms with E-state index in [0.29, 0.717) is 35.1 Å². The van der Waals surface area contributed by atoms with Gasteiger partial charge in [0, 0.05) is 29.4 Å². The van der Waals surface area contributed by atoms with Gasteiger partial charge in [0.2, 0.25) is 0 Å². The summed E-state index contributed by atoms with van der Waals surface area (Å²) in [6.45, 7) is 3.21. The predicted molar refractivity (Wildman–Crippen MR) is 116 cm³/mol. The van der Waals surface area contributed by atoms with Crippen molar-refractivity contribution < 1.29 is 14.7 Å². The summed E-state index contributed by atoms with van der Waals surface area (Å²) in [5.41, 5.74) is 2.63. The van der Waals surface area contributed by atoms with Gasteiger partial charge in [0.05, 0.1) is 11.3 Å². The minimum Gasteiger partial charge on any atom is -0.478 e. The molecule has 0 spiro atoms. The molecule has 1 amide bonds. The number of carbonyl (C=O) groups excluding carboxylic acids is 1. The van der Waals surface area contributed by atoms with E-state index in [1.165, 1.54) is 6.07 Å². The van der Waals surface area contributed by atoms with Crippen molar-refractivity contribution in [2.45, 2.75) is 13.5 Å². The first kappa shape index (κ1) is 20.4. The third-order valence-electron chi connectivity index (χ3n) is 4.51. The Kier molecular flexibility index (Phi) is 6.52. The summed E-state index contributed by atoms with van der Waals surface area (Å²) in [4.78, 5) is 26.3. The molecule has 3 aromatic carbocycles. The van der Waals surface area contributed by atoms with Crippen molar-refractivity contribution in [2.24, 2.45) is 0 Å². The number of aromatic carboxylic acids is 1. The van der Waals surface area contributed by atoms with Crippen molar-refractivity contribution in [3.05, 3.63) is 94.5 Å². The SMILES string of the molecule is CCN(Cc1ccccc1)c1ccc(NC(=O)c2cccc(Cl)c2)cc1C(=O)O. The van der Waals surface area contributed by atoms with E-state index in [-0.39, 0.29) is 11.5 Å². The minimum atomic E-state index is -1.05. The van der Waals surface area contributed by atoms with E-state index < -0.39 is 5.97 Å². The molecule has 0 aromatic heterocycles. The number of benzene rings is 3. The van der Waals surface area contributed by atoms with Crippen molar-refractivity contribution >= 4 is 34.9 Å². The summed E-state index contributed by atoms with van der Waals surface area (Å²) in [6.07, 6.45) is 0. The minimum absolute atomic E-state index is 0.131. The van der Waals surface area contributed by atoms with Crippen LogP contribution >= 0.6 is 11.6 Å². The number of carboxylic acids is 1. The predicted octanol–water partition coefficient (Wildman–Crippen LogP) is 5.32. The van der Waals surface area contributed by atoms with Gasteiger partial charge in [-0.05, 0) is 48.9 Å². The van der Waals surface area contributed by atoms with Crippen LogP contribution in [0.5, 0.6) is 0 Å². The molecule has 0 saturated heterocycles. The Balaban J connectivity index is 1.86. The second-order valence-electron chi connectivity index (χ2n) is 6.50. The standard InChI is InChI=1S/C23H21ClN2O3/c1-2-26(15-16-7-4-3-5-8-16)21-12-11-19(14-20(21)23(28)29)25-22(27)17-9-6-10-18(24)13-17/h3-14H,2,15H2,1H3,(H,25,27)(H,28,29). The number of nitrogens with zero attached hydrogens (tertiary/aromatic N) is 1. The van der Waals surface area contributed by atoms with Crippen LogP contribution in [0.15, 0.2) is 72.8 Å². The number of hydrogen-bond donors (Lipinski definition) is 2. The van der Waals surface area contributed by atoms with Gasteiger partial charge in [-0.25, -0.2) is 4.79 Å². The maximum atomic E-state index is 12.4. The number of halogens is 1. The first-order valence-electron chi connectivity index (χ1n) is 9.21. The topological polar surface area (TPSA) is 69.6 Å². The number of rotatable bonds is 7. The van der Waals surface area contributed by atoms with Gasteiger partial charge < -0.3 is 15.3 Å².